The summed E-state index contributed by atoms with van der Waals surface area (Å²) in [5.74, 6) is 0. The van der Waals surface area contributed by atoms with Crippen LogP contribution >= 0.6 is 0 Å². The van der Waals surface area contributed by atoms with Crippen molar-refractivity contribution in [3.05, 3.63) is 267 Å². The zero-order valence-corrected chi connectivity index (χ0v) is 34.3. The summed E-state index contributed by atoms with van der Waals surface area (Å²) < 4.78 is 0. The number of benzene rings is 10. The number of para-hydroxylation sites is 1. The van der Waals surface area contributed by atoms with Crippen molar-refractivity contribution in [2.75, 3.05) is 9.80 Å². The molecule has 0 aliphatic heterocycles. The lowest BCUT2D eigenvalue weighted by Crippen LogP contribution is -2.18. The van der Waals surface area contributed by atoms with Crippen LogP contribution in [0.5, 0.6) is 0 Å². The maximum absolute atomic E-state index is 2.44. The first-order valence-corrected chi connectivity index (χ1v) is 21.2. The van der Waals surface area contributed by atoms with Gasteiger partial charge in [-0.25, -0.2) is 0 Å². The van der Waals surface area contributed by atoms with Gasteiger partial charge in [-0.15, -0.1) is 0 Å². The fraction of sp³-hybridized carbons (Fsp3) is 0. The molecule has 0 bridgehead atoms. The lowest BCUT2D eigenvalue weighted by atomic mass is 9.98. The van der Waals surface area contributed by atoms with Crippen LogP contribution in [0, 0.1) is 0 Å². The monoisotopic (exact) mass is 792 g/mol. The van der Waals surface area contributed by atoms with E-state index in [0.717, 1.165) is 45.3 Å². The average Bonchev–Trinajstić information content (AvgIpc) is 3.37. The summed E-state index contributed by atoms with van der Waals surface area (Å²) in [5.41, 5.74) is 18.0. The summed E-state index contributed by atoms with van der Waals surface area (Å²) in [6, 6.07) is 95.8. The van der Waals surface area contributed by atoms with E-state index in [9.17, 15) is 0 Å². The maximum atomic E-state index is 2.44. The van der Waals surface area contributed by atoms with Crippen LogP contribution < -0.4 is 9.80 Å². The second kappa shape index (κ2) is 17.6. The van der Waals surface area contributed by atoms with E-state index in [4.69, 9.17) is 0 Å². The molecular formula is C60H44N2. The summed E-state index contributed by atoms with van der Waals surface area (Å²) >= 11 is 0. The summed E-state index contributed by atoms with van der Waals surface area (Å²) in [4.78, 5) is 4.85. The van der Waals surface area contributed by atoms with Gasteiger partial charge in [0.25, 0.3) is 0 Å². The molecule has 0 spiro atoms. The molecule has 0 atom stereocenters. The molecule has 62 heavy (non-hydrogen) atoms. The van der Waals surface area contributed by atoms with Gasteiger partial charge in [0, 0.05) is 28.3 Å². The molecule has 10 aromatic rings. The normalized spacial score (nSPS) is 10.9. The first kappa shape index (κ1) is 38.0. The third-order valence-corrected chi connectivity index (χ3v) is 11.5. The van der Waals surface area contributed by atoms with Crippen LogP contribution in [0.4, 0.5) is 34.1 Å². The molecule has 0 aliphatic carbocycles. The predicted molar refractivity (Wildman–Crippen MR) is 263 cm³/mol. The second-order valence-corrected chi connectivity index (χ2v) is 15.4. The quantitative estimate of drug-likeness (QED) is 0.129. The Balaban J connectivity index is 1.20. The predicted octanol–water partition coefficient (Wildman–Crippen LogP) is 17.0. The third-order valence-electron chi connectivity index (χ3n) is 11.5. The largest absolute Gasteiger partial charge is 0.308 e. The van der Waals surface area contributed by atoms with E-state index in [1.54, 1.807) is 0 Å². The van der Waals surface area contributed by atoms with Gasteiger partial charge in [0.05, 0.1) is 11.4 Å². The van der Waals surface area contributed by atoms with E-state index in [-0.39, 0.29) is 0 Å². The van der Waals surface area contributed by atoms with E-state index in [2.05, 4.69) is 277 Å². The van der Waals surface area contributed by atoms with Gasteiger partial charge < -0.3 is 9.80 Å². The Hall–Kier alpha value is -8.20. The minimum Gasteiger partial charge on any atom is -0.308 e. The van der Waals surface area contributed by atoms with Crippen LogP contribution in [0.1, 0.15) is 0 Å². The zero-order valence-electron chi connectivity index (χ0n) is 34.3. The fourth-order valence-corrected chi connectivity index (χ4v) is 8.37. The highest BCUT2D eigenvalue weighted by atomic mass is 15.2. The van der Waals surface area contributed by atoms with Crippen molar-refractivity contribution in [1.82, 2.24) is 0 Å². The Morgan fingerprint density at radius 3 is 0.742 bits per heavy atom. The summed E-state index contributed by atoms with van der Waals surface area (Å²) in [6.07, 6.45) is 0. The highest BCUT2D eigenvalue weighted by Crippen LogP contribution is 2.50. The Morgan fingerprint density at radius 2 is 0.435 bits per heavy atom. The van der Waals surface area contributed by atoms with Crippen molar-refractivity contribution in [2.45, 2.75) is 0 Å². The van der Waals surface area contributed by atoms with Crippen LogP contribution in [-0.4, -0.2) is 0 Å². The van der Waals surface area contributed by atoms with Crippen LogP contribution in [0.25, 0.3) is 55.6 Å². The molecule has 0 saturated carbocycles. The molecule has 10 rings (SSSR count). The Morgan fingerprint density at radius 1 is 0.177 bits per heavy atom. The second-order valence-electron chi connectivity index (χ2n) is 15.4. The van der Waals surface area contributed by atoms with E-state index in [0.29, 0.717) is 0 Å². The molecule has 0 N–H and O–H groups in total. The Kier molecular flexibility index (Phi) is 10.8. The number of rotatable bonds is 11. The summed E-state index contributed by atoms with van der Waals surface area (Å²) in [6.45, 7) is 0. The Labute approximate surface area is 364 Å². The molecule has 0 heterocycles. The lowest BCUT2D eigenvalue weighted by molar-refractivity contribution is 1.23. The lowest BCUT2D eigenvalue weighted by Gasteiger charge is -2.35. The molecule has 294 valence electrons. The number of anilines is 6. The molecule has 0 aromatic heterocycles. The van der Waals surface area contributed by atoms with Gasteiger partial charge in [-0.3, -0.25) is 0 Å². The van der Waals surface area contributed by atoms with E-state index in [1.807, 2.05) is 0 Å². The topological polar surface area (TPSA) is 6.48 Å². The molecule has 0 unspecified atom stereocenters. The van der Waals surface area contributed by atoms with Crippen LogP contribution in [0.3, 0.4) is 0 Å². The SMILES string of the molecule is c1ccc(-c2ccc(N(c3ccc(-c4ccccc4)cc3)c3cccc(-c4ccccc4)c3N(c3ccc(-c4ccccc4)cc3)c3ccc(-c4ccccc4)cc3)cc2)cc1. The smallest absolute Gasteiger partial charge is 0.0781 e. The minimum atomic E-state index is 1.05. The molecular weight excluding hydrogens is 749 g/mol. The molecule has 0 aliphatic rings. The van der Waals surface area contributed by atoms with Crippen LogP contribution in [0.2, 0.25) is 0 Å². The van der Waals surface area contributed by atoms with E-state index >= 15 is 0 Å². The zero-order chi connectivity index (χ0) is 41.5. The van der Waals surface area contributed by atoms with Crippen molar-refractivity contribution in [2.24, 2.45) is 0 Å². The van der Waals surface area contributed by atoms with E-state index in [1.165, 1.54) is 44.5 Å². The molecule has 0 saturated heterocycles. The minimum absolute atomic E-state index is 1.05. The maximum Gasteiger partial charge on any atom is 0.0781 e. The number of nitrogens with zero attached hydrogens (tertiary/aromatic N) is 2. The molecule has 0 amide bonds. The van der Waals surface area contributed by atoms with Crippen molar-refractivity contribution in [3.8, 4) is 55.6 Å². The molecule has 2 heteroatoms. The van der Waals surface area contributed by atoms with Crippen molar-refractivity contribution < 1.29 is 0 Å². The first-order valence-electron chi connectivity index (χ1n) is 21.2. The summed E-state index contributed by atoms with van der Waals surface area (Å²) in [7, 11) is 0. The molecule has 0 radical (unpaired) electrons. The average molecular weight is 793 g/mol. The van der Waals surface area contributed by atoms with Gasteiger partial charge in [0.1, 0.15) is 0 Å². The van der Waals surface area contributed by atoms with Gasteiger partial charge in [-0.05, 0) is 105 Å². The van der Waals surface area contributed by atoms with Crippen molar-refractivity contribution >= 4 is 34.1 Å². The summed E-state index contributed by atoms with van der Waals surface area (Å²) in [5, 5.41) is 0. The number of hydrogen-bond donors (Lipinski definition) is 0. The molecule has 0 fully saturated rings. The van der Waals surface area contributed by atoms with Crippen LogP contribution in [-0.2, 0) is 0 Å². The van der Waals surface area contributed by atoms with Crippen molar-refractivity contribution in [3.63, 3.8) is 0 Å². The van der Waals surface area contributed by atoms with Crippen molar-refractivity contribution in [1.29, 1.82) is 0 Å². The fourth-order valence-electron chi connectivity index (χ4n) is 8.37. The Bertz CT molecular complexity index is 2820. The highest BCUT2D eigenvalue weighted by molar-refractivity contribution is 6.00. The molecule has 2 nitrogen and oxygen atoms in total. The highest BCUT2D eigenvalue weighted by Gasteiger charge is 2.26. The third kappa shape index (κ3) is 7.93. The standard InChI is InChI=1S/C60H44N2/c1-6-17-45(18-7-1)49-29-37-54(38-30-49)61(55-39-31-50(32-40-55)46-19-8-2-9-20-46)59-28-16-27-58(53-25-14-5-15-26-53)60(59)62(56-41-33-51(34-42-56)47-21-10-3-11-22-47)57-43-35-52(36-44-57)48-23-12-4-13-24-48/h1-44H. The van der Waals surface area contributed by atoms with E-state index < -0.39 is 0 Å². The van der Waals surface area contributed by atoms with Gasteiger partial charge >= 0.3 is 0 Å². The van der Waals surface area contributed by atoms with Gasteiger partial charge in [0.15, 0.2) is 0 Å². The van der Waals surface area contributed by atoms with Crippen LogP contribution in [0.15, 0.2) is 267 Å². The molecule has 10 aromatic carbocycles. The van der Waals surface area contributed by atoms with Gasteiger partial charge in [0.2, 0.25) is 0 Å². The van der Waals surface area contributed by atoms with Gasteiger partial charge in [-0.1, -0.05) is 212 Å². The first-order chi connectivity index (χ1) is 30.8. The van der Waals surface area contributed by atoms with Gasteiger partial charge in [-0.2, -0.15) is 0 Å². The number of hydrogen-bond acceptors (Lipinski definition) is 2.